The normalized spacial score (nSPS) is 20.8. The molecule has 178 valence electrons. The van der Waals surface area contributed by atoms with Gasteiger partial charge in [-0.25, -0.2) is 8.42 Å². The largest absolute Gasteiger partial charge is 0.355 e. The summed E-state index contributed by atoms with van der Waals surface area (Å²) in [7, 11) is -3.63. The summed E-state index contributed by atoms with van der Waals surface area (Å²) in [6.45, 7) is 9.59. The van der Waals surface area contributed by atoms with Crippen molar-refractivity contribution in [2.24, 2.45) is 0 Å². The molecule has 0 aromatic heterocycles. The molecule has 1 aromatic carbocycles. The number of piperazine rings is 1. The molecule has 0 bridgehead atoms. The fourth-order valence-electron chi connectivity index (χ4n) is 4.36. The van der Waals surface area contributed by atoms with Crippen molar-refractivity contribution >= 4 is 21.8 Å². The molecular formula is C23H36N4O4S. The molecule has 2 heterocycles. The Morgan fingerprint density at radius 2 is 1.81 bits per heavy atom. The number of aryl methyl sites for hydroxylation is 1. The monoisotopic (exact) mass is 464 g/mol. The van der Waals surface area contributed by atoms with Crippen molar-refractivity contribution in [3.05, 3.63) is 29.3 Å². The molecule has 9 heteroatoms. The van der Waals surface area contributed by atoms with Gasteiger partial charge in [-0.3, -0.25) is 14.5 Å². The third-order valence-corrected chi connectivity index (χ3v) is 8.40. The van der Waals surface area contributed by atoms with Gasteiger partial charge in [0.1, 0.15) is 0 Å². The van der Waals surface area contributed by atoms with Crippen LogP contribution in [0.5, 0.6) is 0 Å². The van der Waals surface area contributed by atoms with Crippen LogP contribution in [-0.2, 0) is 14.8 Å². The van der Waals surface area contributed by atoms with E-state index in [9.17, 15) is 18.0 Å². The van der Waals surface area contributed by atoms with Crippen LogP contribution >= 0.6 is 0 Å². The Morgan fingerprint density at radius 3 is 2.47 bits per heavy atom. The van der Waals surface area contributed by atoms with Crippen molar-refractivity contribution in [3.8, 4) is 0 Å². The first kappa shape index (κ1) is 24.7. The van der Waals surface area contributed by atoms with E-state index < -0.39 is 10.0 Å². The minimum Gasteiger partial charge on any atom is -0.355 e. The van der Waals surface area contributed by atoms with Crippen LogP contribution in [0.1, 0.15) is 55.5 Å². The molecule has 1 atom stereocenters. The van der Waals surface area contributed by atoms with E-state index in [0.29, 0.717) is 51.4 Å². The minimum atomic E-state index is -3.63. The molecule has 0 radical (unpaired) electrons. The molecule has 8 nitrogen and oxygen atoms in total. The molecule has 1 N–H and O–H groups in total. The number of hydrogen-bond donors (Lipinski definition) is 1. The lowest BCUT2D eigenvalue weighted by molar-refractivity contribution is -0.122. The van der Waals surface area contributed by atoms with Crippen molar-refractivity contribution in [3.63, 3.8) is 0 Å². The van der Waals surface area contributed by atoms with Crippen LogP contribution < -0.4 is 5.32 Å². The average molecular weight is 465 g/mol. The molecule has 3 rings (SSSR count). The van der Waals surface area contributed by atoms with E-state index in [0.717, 1.165) is 31.2 Å². The molecule has 2 fully saturated rings. The van der Waals surface area contributed by atoms with Crippen molar-refractivity contribution in [2.45, 2.75) is 57.4 Å². The Bertz CT molecular complexity index is 926. The average Bonchev–Trinajstić information content (AvgIpc) is 2.78. The number of rotatable bonds is 7. The number of piperidine rings is 1. The first-order chi connectivity index (χ1) is 15.2. The zero-order valence-corrected chi connectivity index (χ0v) is 20.3. The Balaban J connectivity index is 1.68. The summed E-state index contributed by atoms with van der Waals surface area (Å²) in [5.41, 5.74) is 1.20. The number of hydrogen-bond acceptors (Lipinski definition) is 5. The van der Waals surface area contributed by atoms with Gasteiger partial charge < -0.3 is 10.2 Å². The molecule has 0 saturated carbocycles. The highest BCUT2D eigenvalue weighted by molar-refractivity contribution is 7.89. The highest BCUT2D eigenvalue weighted by Gasteiger charge is 2.32. The van der Waals surface area contributed by atoms with Crippen LogP contribution in [0.2, 0.25) is 0 Å². The molecule has 0 spiro atoms. The summed E-state index contributed by atoms with van der Waals surface area (Å²) in [4.78, 5) is 29.2. The van der Waals surface area contributed by atoms with Gasteiger partial charge in [0.25, 0.3) is 5.91 Å². The SMILES string of the molecule is CCCNC(=O)CN1CCN(C(=O)c2cc(S(=O)(=O)N3CCCCC3C)ccc2C)CC1. The Morgan fingerprint density at radius 1 is 1.09 bits per heavy atom. The van der Waals surface area contributed by atoms with Crippen LogP contribution in [0.25, 0.3) is 0 Å². The zero-order valence-electron chi connectivity index (χ0n) is 19.5. The maximum Gasteiger partial charge on any atom is 0.254 e. The third-order valence-electron chi connectivity index (χ3n) is 6.39. The first-order valence-corrected chi connectivity index (χ1v) is 13.1. The summed E-state index contributed by atoms with van der Waals surface area (Å²) in [5.74, 6) is -0.145. The van der Waals surface area contributed by atoms with Gasteiger partial charge in [-0.05, 0) is 50.8 Å². The van der Waals surface area contributed by atoms with Crippen LogP contribution in [0.15, 0.2) is 23.1 Å². The highest BCUT2D eigenvalue weighted by Crippen LogP contribution is 2.27. The number of sulfonamides is 1. The lowest BCUT2D eigenvalue weighted by atomic mass is 10.1. The lowest BCUT2D eigenvalue weighted by Gasteiger charge is -2.35. The molecule has 2 aliphatic heterocycles. The second-order valence-electron chi connectivity index (χ2n) is 8.86. The minimum absolute atomic E-state index is 0.00678. The van der Waals surface area contributed by atoms with Gasteiger partial charge >= 0.3 is 0 Å². The molecular weight excluding hydrogens is 428 g/mol. The number of nitrogens with zero attached hydrogens (tertiary/aromatic N) is 3. The molecule has 2 saturated heterocycles. The molecule has 2 aliphatic rings. The predicted octanol–water partition coefficient (Wildman–Crippen LogP) is 1.84. The maximum absolute atomic E-state index is 13.2. The highest BCUT2D eigenvalue weighted by atomic mass is 32.2. The lowest BCUT2D eigenvalue weighted by Crippen LogP contribution is -2.51. The van der Waals surface area contributed by atoms with Crippen molar-refractivity contribution in [2.75, 3.05) is 45.8 Å². The molecule has 1 aromatic rings. The van der Waals surface area contributed by atoms with Crippen LogP contribution in [0.4, 0.5) is 0 Å². The second kappa shape index (κ2) is 10.8. The van der Waals surface area contributed by atoms with Gasteiger partial charge in [-0.1, -0.05) is 19.4 Å². The summed E-state index contributed by atoms with van der Waals surface area (Å²) >= 11 is 0. The molecule has 32 heavy (non-hydrogen) atoms. The predicted molar refractivity (Wildman–Crippen MR) is 124 cm³/mol. The van der Waals surface area contributed by atoms with E-state index >= 15 is 0 Å². The Labute approximate surface area is 192 Å². The van der Waals surface area contributed by atoms with Crippen LogP contribution in [0, 0.1) is 6.92 Å². The standard InChI is InChI=1S/C23H36N4O4S/c1-4-10-24-22(28)17-25-12-14-26(15-13-25)23(29)21-16-20(9-8-18(21)2)32(30,31)27-11-6-5-7-19(27)3/h8-9,16,19H,4-7,10-15,17H2,1-3H3,(H,24,28). The zero-order chi connectivity index (χ0) is 23.3. The number of carbonyl (C=O) groups excluding carboxylic acids is 2. The van der Waals surface area contributed by atoms with Gasteiger partial charge in [0.15, 0.2) is 0 Å². The van der Waals surface area contributed by atoms with Crippen molar-refractivity contribution in [1.82, 2.24) is 19.4 Å². The fraction of sp³-hybridized carbons (Fsp3) is 0.652. The van der Waals surface area contributed by atoms with Crippen molar-refractivity contribution in [1.29, 1.82) is 0 Å². The second-order valence-corrected chi connectivity index (χ2v) is 10.7. The topological polar surface area (TPSA) is 90.0 Å². The molecule has 0 aliphatic carbocycles. The van der Waals surface area contributed by atoms with Gasteiger partial charge in [-0.15, -0.1) is 0 Å². The van der Waals surface area contributed by atoms with E-state index in [-0.39, 0.29) is 22.8 Å². The van der Waals surface area contributed by atoms with E-state index in [1.807, 2.05) is 25.7 Å². The van der Waals surface area contributed by atoms with E-state index in [1.54, 1.807) is 27.4 Å². The van der Waals surface area contributed by atoms with Gasteiger partial charge in [0.2, 0.25) is 15.9 Å². The first-order valence-electron chi connectivity index (χ1n) is 11.6. The van der Waals surface area contributed by atoms with E-state index in [1.165, 1.54) is 0 Å². The summed E-state index contributed by atoms with van der Waals surface area (Å²) in [6.07, 6.45) is 3.66. The maximum atomic E-state index is 13.2. The molecule has 1 unspecified atom stereocenters. The third kappa shape index (κ3) is 5.68. The van der Waals surface area contributed by atoms with Gasteiger partial charge in [-0.2, -0.15) is 4.31 Å². The summed E-state index contributed by atoms with van der Waals surface area (Å²) in [6, 6.07) is 4.84. The summed E-state index contributed by atoms with van der Waals surface area (Å²) < 4.78 is 28.0. The Kier molecular flexibility index (Phi) is 8.30. The van der Waals surface area contributed by atoms with Gasteiger partial charge in [0, 0.05) is 50.9 Å². The number of nitrogens with one attached hydrogen (secondary N) is 1. The van der Waals surface area contributed by atoms with E-state index in [2.05, 4.69) is 5.32 Å². The van der Waals surface area contributed by atoms with Gasteiger partial charge in [0.05, 0.1) is 11.4 Å². The smallest absolute Gasteiger partial charge is 0.254 e. The fourth-order valence-corrected chi connectivity index (χ4v) is 6.09. The number of benzene rings is 1. The molecule has 2 amide bonds. The van der Waals surface area contributed by atoms with Crippen LogP contribution in [-0.4, -0.2) is 86.2 Å². The summed E-state index contributed by atoms with van der Waals surface area (Å²) in [5, 5.41) is 2.88. The quantitative estimate of drug-likeness (QED) is 0.665. The number of carbonyl (C=O) groups is 2. The van der Waals surface area contributed by atoms with E-state index in [4.69, 9.17) is 0 Å². The van der Waals surface area contributed by atoms with Crippen molar-refractivity contribution < 1.29 is 18.0 Å². The number of amides is 2. The Hall–Kier alpha value is -1.97. The van der Waals surface area contributed by atoms with Crippen LogP contribution in [0.3, 0.4) is 0 Å².